The van der Waals surface area contributed by atoms with Gasteiger partial charge in [0.2, 0.25) is 0 Å². The molecule has 5 heteroatoms. The molecule has 0 N–H and O–H groups in total. The van der Waals surface area contributed by atoms with Crippen LogP contribution in [0.5, 0.6) is 0 Å². The smallest absolute Gasteiger partial charge is 0.164 e. The van der Waals surface area contributed by atoms with E-state index in [2.05, 4.69) is 138 Å². The number of benzene rings is 8. The average Bonchev–Trinajstić information content (AvgIpc) is 3.83. The van der Waals surface area contributed by atoms with Crippen LogP contribution in [0.4, 0.5) is 0 Å². The molecular weight excluding hydrogens is 685 g/mol. The van der Waals surface area contributed by atoms with Crippen LogP contribution in [0.2, 0.25) is 0 Å². The maximum Gasteiger partial charge on any atom is 0.164 e. The molecule has 11 aromatic rings. The van der Waals surface area contributed by atoms with E-state index in [0.717, 1.165) is 60.9 Å². The Morgan fingerprint density at radius 3 is 1.70 bits per heavy atom. The Balaban J connectivity index is 1.07. The fourth-order valence-electron chi connectivity index (χ4n) is 8.00. The summed E-state index contributed by atoms with van der Waals surface area (Å²) < 4.78 is 8.61. The first-order valence-corrected chi connectivity index (χ1v) is 18.8. The number of nitrogens with zero attached hydrogens (tertiary/aromatic N) is 4. The highest BCUT2D eigenvalue weighted by Gasteiger charge is 2.19. The molecule has 0 unspecified atom stereocenters. The van der Waals surface area contributed by atoms with Crippen LogP contribution in [0.1, 0.15) is 0 Å². The van der Waals surface area contributed by atoms with E-state index < -0.39 is 0 Å². The monoisotopic (exact) mass is 716 g/mol. The Morgan fingerprint density at radius 2 is 0.893 bits per heavy atom. The zero-order chi connectivity index (χ0) is 37.0. The van der Waals surface area contributed by atoms with Gasteiger partial charge in [-0.3, -0.25) is 0 Å². The molecule has 0 atom stereocenters. The lowest BCUT2D eigenvalue weighted by Gasteiger charge is -2.12. The van der Waals surface area contributed by atoms with E-state index >= 15 is 0 Å². The Bertz CT molecular complexity index is 3240. The maximum atomic E-state index is 6.26. The van der Waals surface area contributed by atoms with Crippen molar-refractivity contribution in [3.63, 3.8) is 0 Å². The van der Waals surface area contributed by atoms with Crippen LogP contribution in [0.25, 0.3) is 106 Å². The molecule has 8 aromatic carbocycles. The molecule has 0 bridgehead atoms. The summed E-state index contributed by atoms with van der Waals surface area (Å²) in [6, 6.07) is 67.6. The Morgan fingerprint density at radius 1 is 0.339 bits per heavy atom. The zero-order valence-electron chi connectivity index (χ0n) is 30.2. The van der Waals surface area contributed by atoms with Crippen molar-refractivity contribution in [1.29, 1.82) is 0 Å². The Labute approximate surface area is 322 Å². The van der Waals surface area contributed by atoms with Crippen LogP contribution < -0.4 is 0 Å². The van der Waals surface area contributed by atoms with Gasteiger partial charge in [-0.1, -0.05) is 158 Å². The van der Waals surface area contributed by atoms with Crippen molar-refractivity contribution in [3.05, 3.63) is 194 Å². The summed E-state index contributed by atoms with van der Waals surface area (Å²) in [5.74, 6) is 1.80. The number of para-hydroxylation sites is 2. The van der Waals surface area contributed by atoms with Crippen molar-refractivity contribution in [1.82, 2.24) is 19.5 Å². The first-order chi connectivity index (χ1) is 27.7. The lowest BCUT2D eigenvalue weighted by molar-refractivity contribution is 0.669. The number of furan rings is 1. The predicted octanol–water partition coefficient (Wildman–Crippen LogP) is 13.2. The first kappa shape index (κ1) is 31.9. The fraction of sp³-hybridized carbons (Fsp3) is 0. The molecule has 5 nitrogen and oxygen atoms in total. The molecule has 0 spiro atoms. The molecule has 3 aromatic heterocycles. The van der Waals surface area contributed by atoms with Gasteiger partial charge in [0.05, 0.1) is 11.0 Å². The van der Waals surface area contributed by atoms with Gasteiger partial charge >= 0.3 is 0 Å². The average molecular weight is 717 g/mol. The summed E-state index contributed by atoms with van der Waals surface area (Å²) in [6.07, 6.45) is 0. The molecule has 0 aliphatic carbocycles. The van der Waals surface area contributed by atoms with Gasteiger partial charge in [-0.15, -0.1) is 0 Å². The third-order valence-corrected chi connectivity index (χ3v) is 10.7. The van der Waals surface area contributed by atoms with E-state index in [1.807, 2.05) is 60.7 Å². The molecule has 3 heterocycles. The highest BCUT2D eigenvalue weighted by atomic mass is 16.3. The third-order valence-electron chi connectivity index (χ3n) is 10.7. The van der Waals surface area contributed by atoms with Gasteiger partial charge in [0.15, 0.2) is 17.5 Å². The van der Waals surface area contributed by atoms with Gasteiger partial charge in [-0.2, -0.15) is 0 Å². The topological polar surface area (TPSA) is 56.7 Å². The highest BCUT2D eigenvalue weighted by molar-refractivity contribution is 6.12. The second kappa shape index (κ2) is 13.0. The van der Waals surface area contributed by atoms with Crippen molar-refractivity contribution >= 4 is 43.7 Å². The molecule has 0 radical (unpaired) electrons. The summed E-state index contributed by atoms with van der Waals surface area (Å²) in [7, 11) is 0. The van der Waals surface area contributed by atoms with Gasteiger partial charge in [0, 0.05) is 43.9 Å². The molecule has 262 valence electrons. The normalized spacial score (nSPS) is 11.6. The van der Waals surface area contributed by atoms with E-state index in [-0.39, 0.29) is 0 Å². The predicted molar refractivity (Wildman–Crippen MR) is 229 cm³/mol. The number of hydrogen-bond acceptors (Lipinski definition) is 4. The van der Waals surface area contributed by atoms with Crippen LogP contribution in [-0.2, 0) is 0 Å². The second-order valence-electron chi connectivity index (χ2n) is 14.0. The summed E-state index contributed by atoms with van der Waals surface area (Å²) >= 11 is 0. The third kappa shape index (κ3) is 5.37. The molecular formula is C51H32N4O. The Kier molecular flexibility index (Phi) is 7.42. The van der Waals surface area contributed by atoms with Crippen LogP contribution in [0.15, 0.2) is 199 Å². The van der Waals surface area contributed by atoms with E-state index in [9.17, 15) is 0 Å². The lowest BCUT2D eigenvalue weighted by Crippen LogP contribution is -2.01. The molecule has 0 saturated carbocycles. The number of fused-ring (bicyclic) bond motifs is 6. The molecule has 0 saturated heterocycles. The van der Waals surface area contributed by atoms with Gasteiger partial charge < -0.3 is 8.98 Å². The summed E-state index contributed by atoms with van der Waals surface area (Å²) in [5, 5.41) is 4.42. The van der Waals surface area contributed by atoms with Crippen LogP contribution in [0, 0.1) is 0 Å². The maximum absolute atomic E-state index is 6.26. The van der Waals surface area contributed by atoms with Crippen molar-refractivity contribution in [2.45, 2.75) is 0 Å². The summed E-state index contributed by atoms with van der Waals surface area (Å²) in [5.41, 5.74) is 12.4. The van der Waals surface area contributed by atoms with Crippen molar-refractivity contribution < 1.29 is 4.42 Å². The fourth-order valence-corrected chi connectivity index (χ4v) is 8.00. The quantitative estimate of drug-likeness (QED) is 0.172. The SMILES string of the molecule is c1ccc(-c2ccc(-c3ccc4c5ccccc5n(-c5cccc(-c6nc(-c7ccccc7)nc(-c7cccc8oc9ccccc9c78)n6)c5)c4c3)cc2)cc1. The van der Waals surface area contributed by atoms with Crippen molar-refractivity contribution in [2.75, 3.05) is 0 Å². The van der Waals surface area contributed by atoms with E-state index in [1.54, 1.807) is 0 Å². The first-order valence-electron chi connectivity index (χ1n) is 18.8. The minimum Gasteiger partial charge on any atom is -0.456 e. The number of hydrogen-bond donors (Lipinski definition) is 0. The second-order valence-corrected chi connectivity index (χ2v) is 14.0. The minimum absolute atomic E-state index is 0.594. The van der Waals surface area contributed by atoms with Crippen LogP contribution in [0.3, 0.4) is 0 Å². The number of rotatable bonds is 6. The lowest BCUT2D eigenvalue weighted by atomic mass is 9.99. The van der Waals surface area contributed by atoms with Gasteiger partial charge in [-0.05, 0) is 58.7 Å². The van der Waals surface area contributed by atoms with Gasteiger partial charge in [0.25, 0.3) is 0 Å². The summed E-state index contributed by atoms with van der Waals surface area (Å²) in [4.78, 5) is 15.4. The minimum atomic E-state index is 0.594. The highest BCUT2D eigenvalue weighted by Crippen LogP contribution is 2.38. The number of aromatic nitrogens is 4. The Hall–Kier alpha value is -7.63. The molecule has 0 fully saturated rings. The van der Waals surface area contributed by atoms with Gasteiger partial charge in [-0.25, -0.2) is 15.0 Å². The van der Waals surface area contributed by atoms with E-state index in [1.165, 1.54) is 27.5 Å². The van der Waals surface area contributed by atoms with E-state index in [0.29, 0.717) is 17.5 Å². The summed E-state index contributed by atoms with van der Waals surface area (Å²) in [6.45, 7) is 0. The molecule has 11 rings (SSSR count). The zero-order valence-corrected chi connectivity index (χ0v) is 30.2. The van der Waals surface area contributed by atoms with Crippen molar-refractivity contribution in [3.8, 4) is 62.1 Å². The van der Waals surface area contributed by atoms with Crippen LogP contribution >= 0.6 is 0 Å². The molecule has 0 amide bonds. The molecule has 0 aliphatic rings. The molecule has 0 aliphatic heterocycles. The largest absolute Gasteiger partial charge is 0.456 e. The van der Waals surface area contributed by atoms with Gasteiger partial charge in [0.1, 0.15) is 11.2 Å². The van der Waals surface area contributed by atoms with Crippen molar-refractivity contribution in [2.24, 2.45) is 0 Å². The van der Waals surface area contributed by atoms with E-state index in [4.69, 9.17) is 19.4 Å². The van der Waals surface area contributed by atoms with Crippen LogP contribution in [-0.4, -0.2) is 19.5 Å². The standard InChI is InChI=1S/C51H32N4O/c1-3-13-33(14-4-1)34-25-27-35(28-26-34)37-29-30-41-40-19-7-9-22-44(40)55(45(41)32-37)39-18-11-17-38(31-39)50-52-49(36-15-5-2-6-16-36)53-51(54-50)43-21-12-24-47-48(43)42-20-8-10-23-46(42)56-47/h1-32H. The molecule has 56 heavy (non-hydrogen) atoms.